The predicted octanol–water partition coefficient (Wildman–Crippen LogP) is 4.33. The molecule has 1 aliphatic rings. The molecule has 5 heteroatoms. The summed E-state index contributed by atoms with van der Waals surface area (Å²) in [7, 11) is 0. The zero-order valence-corrected chi connectivity index (χ0v) is 13.9. The molecule has 1 aliphatic heterocycles. The summed E-state index contributed by atoms with van der Waals surface area (Å²) in [5, 5.41) is 10.8. The van der Waals surface area contributed by atoms with Gasteiger partial charge in [-0.25, -0.2) is 0 Å². The Morgan fingerprint density at radius 2 is 1.88 bits per heavy atom. The number of nitro groups is 1. The van der Waals surface area contributed by atoms with Gasteiger partial charge < -0.3 is 4.74 Å². The molecule has 0 N–H and O–H groups in total. The molecule has 0 spiro atoms. The van der Waals surface area contributed by atoms with E-state index in [1.165, 1.54) is 12.0 Å². The summed E-state index contributed by atoms with van der Waals surface area (Å²) in [6.07, 6.45) is 2.31. The summed E-state index contributed by atoms with van der Waals surface area (Å²) < 4.78 is 5.51. The van der Waals surface area contributed by atoms with Crippen molar-refractivity contribution in [1.29, 1.82) is 0 Å². The summed E-state index contributed by atoms with van der Waals surface area (Å²) in [5.41, 5.74) is 2.56. The van der Waals surface area contributed by atoms with Gasteiger partial charge >= 0.3 is 0 Å². The Balaban J connectivity index is 1.69. The molecule has 1 fully saturated rings. The number of rotatable bonds is 6. The van der Waals surface area contributed by atoms with Crippen molar-refractivity contribution < 1.29 is 9.66 Å². The molecule has 0 aliphatic carbocycles. The van der Waals surface area contributed by atoms with Crippen LogP contribution in [0.4, 0.5) is 5.69 Å². The second kappa shape index (κ2) is 7.45. The normalized spacial score (nSPS) is 17.8. The average Bonchev–Trinajstić information content (AvgIpc) is 3.04. The van der Waals surface area contributed by atoms with Gasteiger partial charge in [0.15, 0.2) is 0 Å². The molecule has 3 rings (SSSR count). The molecular formula is C19H22N2O3. The van der Waals surface area contributed by atoms with E-state index in [9.17, 15) is 10.1 Å². The Kier molecular flexibility index (Phi) is 5.11. The Morgan fingerprint density at radius 1 is 1.17 bits per heavy atom. The van der Waals surface area contributed by atoms with Gasteiger partial charge in [0.05, 0.1) is 11.5 Å². The molecule has 2 aromatic carbocycles. The van der Waals surface area contributed by atoms with Gasteiger partial charge in [-0.05, 0) is 49.6 Å². The first-order valence-electron chi connectivity index (χ1n) is 8.37. The lowest BCUT2D eigenvalue weighted by Crippen LogP contribution is -2.22. The van der Waals surface area contributed by atoms with E-state index in [0.717, 1.165) is 30.8 Å². The largest absolute Gasteiger partial charge is 0.494 e. The number of benzene rings is 2. The molecule has 24 heavy (non-hydrogen) atoms. The molecule has 0 saturated carbocycles. The lowest BCUT2D eigenvalue weighted by molar-refractivity contribution is -0.384. The van der Waals surface area contributed by atoms with Crippen LogP contribution in [0.3, 0.4) is 0 Å². The van der Waals surface area contributed by atoms with Crippen molar-refractivity contribution in [2.75, 3.05) is 13.2 Å². The van der Waals surface area contributed by atoms with Gasteiger partial charge in [0, 0.05) is 24.7 Å². The number of hydrogen-bond acceptors (Lipinski definition) is 4. The predicted molar refractivity (Wildman–Crippen MR) is 93.1 cm³/mol. The number of nitro benzene ring substituents is 1. The lowest BCUT2D eigenvalue weighted by Gasteiger charge is -2.25. The van der Waals surface area contributed by atoms with Crippen LogP contribution in [0.25, 0.3) is 0 Å². The van der Waals surface area contributed by atoms with Crippen LogP contribution < -0.4 is 4.74 Å². The van der Waals surface area contributed by atoms with Gasteiger partial charge in [0.2, 0.25) is 0 Å². The molecule has 1 saturated heterocycles. The second-order valence-electron chi connectivity index (χ2n) is 6.05. The van der Waals surface area contributed by atoms with Crippen molar-refractivity contribution in [2.24, 2.45) is 0 Å². The maximum atomic E-state index is 10.8. The topological polar surface area (TPSA) is 55.6 Å². The van der Waals surface area contributed by atoms with E-state index in [-0.39, 0.29) is 10.6 Å². The number of nitrogens with zero attached hydrogens (tertiary/aromatic N) is 2. The monoisotopic (exact) mass is 326 g/mol. The van der Waals surface area contributed by atoms with Crippen LogP contribution in [-0.2, 0) is 6.54 Å². The average molecular weight is 326 g/mol. The third-order valence-corrected chi connectivity index (χ3v) is 4.47. The fraction of sp³-hybridized carbons (Fsp3) is 0.368. The second-order valence-corrected chi connectivity index (χ2v) is 6.05. The van der Waals surface area contributed by atoms with E-state index < -0.39 is 0 Å². The summed E-state index contributed by atoms with van der Waals surface area (Å²) >= 11 is 0. The number of likely N-dealkylation sites (tertiary alicyclic amines) is 1. The maximum Gasteiger partial charge on any atom is 0.269 e. The summed E-state index contributed by atoms with van der Waals surface area (Å²) in [6, 6.07) is 15.6. The number of non-ortho nitro benzene ring substituents is 1. The molecule has 0 amide bonds. The molecule has 0 bridgehead atoms. The Morgan fingerprint density at radius 3 is 2.50 bits per heavy atom. The first kappa shape index (κ1) is 16.5. The van der Waals surface area contributed by atoms with E-state index in [1.807, 2.05) is 31.2 Å². The highest BCUT2D eigenvalue weighted by atomic mass is 16.6. The fourth-order valence-electron chi connectivity index (χ4n) is 3.30. The first-order valence-corrected chi connectivity index (χ1v) is 8.37. The summed E-state index contributed by atoms with van der Waals surface area (Å²) in [5.74, 6) is 0.904. The lowest BCUT2D eigenvalue weighted by atomic mass is 10.0. The van der Waals surface area contributed by atoms with E-state index in [0.29, 0.717) is 12.6 Å². The molecular weight excluding hydrogens is 304 g/mol. The van der Waals surface area contributed by atoms with Gasteiger partial charge in [-0.15, -0.1) is 0 Å². The van der Waals surface area contributed by atoms with Crippen LogP contribution in [-0.4, -0.2) is 23.0 Å². The quantitative estimate of drug-likeness (QED) is 0.585. The van der Waals surface area contributed by atoms with Crippen LogP contribution in [0.1, 0.15) is 36.9 Å². The van der Waals surface area contributed by atoms with Gasteiger partial charge in [0.25, 0.3) is 5.69 Å². The molecule has 0 unspecified atom stereocenters. The van der Waals surface area contributed by atoms with Crippen LogP contribution >= 0.6 is 0 Å². The Hall–Kier alpha value is -2.40. The smallest absolute Gasteiger partial charge is 0.269 e. The SMILES string of the molecule is CCOc1ccc([C@H]2CCCN2Cc2ccc([N+](=O)[O-])cc2)cc1. The van der Waals surface area contributed by atoms with Crippen molar-refractivity contribution in [3.8, 4) is 5.75 Å². The van der Waals surface area contributed by atoms with Crippen molar-refractivity contribution >= 4 is 5.69 Å². The Labute approximate surface area is 142 Å². The van der Waals surface area contributed by atoms with Gasteiger partial charge in [-0.3, -0.25) is 15.0 Å². The Bertz CT molecular complexity index is 683. The van der Waals surface area contributed by atoms with E-state index in [2.05, 4.69) is 17.0 Å². The molecule has 126 valence electrons. The van der Waals surface area contributed by atoms with Gasteiger partial charge in [-0.1, -0.05) is 24.3 Å². The fourth-order valence-corrected chi connectivity index (χ4v) is 3.30. The van der Waals surface area contributed by atoms with Crippen LogP contribution in [0.5, 0.6) is 5.75 Å². The summed E-state index contributed by atoms with van der Waals surface area (Å²) in [6.45, 7) is 4.52. The van der Waals surface area contributed by atoms with Crippen molar-refractivity contribution in [3.05, 3.63) is 69.8 Å². The van der Waals surface area contributed by atoms with Crippen LogP contribution in [0.2, 0.25) is 0 Å². The first-order chi connectivity index (χ1) is 11.7. The van der Waals surface area contributed by atoms with Crippen molar-refractivity contribution in [2.45, 2.75) is 32.4 Å². The van der Waals surface area contributed by atoms with Crippen molar-refractivity contribution in [3.63, 3.8) is 0 Å². The highest BCUT2D eigenvalue weighted by Gasteiger charge is 2.26. The minimum Gasteiger partial charge on any atom is -0.494 e. The molecule has 0 aromatic heterocycles. The van der Waals surface area contributed by atoms with Gasteiger partial charge in [-0.2, -0.15) is 0 Å². The number of hydrogen-bond donors (Lipinski definition) is 0. The standard InChI is InChI=1S/C19H22N2O3/c1-2-24-18-11-7-16(8-12-18)19-4-3-13-20(19)14-15-5-9-17(10-6-15)21(22)23/h5-12,19H,2-4,13-14H2,1H3/t19-/m1/s1. The maximum absolute atomic E-state index is 10.8. The minimum atomic E-state index is -0.359. The van der Waals surface area contributed by atoms with Crippen LogP contribution in [0.15, 0.2) is 48.5 Å². The van der Waals surface area contributed by atoms with Crippen molar-refractivity contribution in [1.82, 2.24) is 4.90 Å². The molecule has 1 heterocycles. The zero-order valence-electron chi connectivity index (χ0n) is 13.9. The highest BCUT2D eigenvalue weighted by molar-refractivity contribution is 5.33. The third-order valence-electron chi connectivity index (χ3n) is 4.47. The zero-order chi connectivity index (χ0) is 16.9. The number of ether oxygens (including phenoxy) is 1. The molecule has 0 radical (unpaired) electrons. The third kappa shape index (κ3) is 3.74. The van der Waals surface area contributed by atoms with E-state index in [1.54, 1.807) is 12.1 Å². The molecule has 5 nitrogen and oxygen atoms in total. The minimum absolute atomic E-state index is 0.142. The molecule has 2 aromatic rings. The van der Waals surface area contributed by atoms with E-state index in [4.69, 9.17) is 4.74 Å². The van der Waals surface area contributed by atoms with Gasteiger partial charge in [0.1, 0.15) is 5.75 Å². The highest BCUT2D eigenvalue weighted by Crippen LogP contribution is 2.34. The van der Waals surface area contributed by atoms with Crippen LogP contribution in [0, 0.1) is 10.1 Å². The molecule has 1 atom stereocenters. The summed E-state index contributed by atoms with van der Waals surface area (Å²) in [4.78, 5) is 12.8. The van der Waals surface area contributed by atoms with E-state index >= 15 is 0 Å².